The number of anilines is 1. The Balaban J connectivity index is 1.56. The van der Waals surface area contributed by atoms with E-state index in [1.165, 1.54) is 16.4 Å². The molecule has 0 unspecified atom stereocenters. The number of nitrogens with zero attached hydrogens (tertiary/aromatic N) is 4. The lowest BCUT2D eigenvalue weighted by molar-refractivity contribution is -0.115. The Kier molecular flexibility index (Phi) is 5.75. The number of carbonyl (C=O) groups excluding carboxylic acids is 1. The Morgan fingerprint density at radius 3 is 2.81 bits per heavy atom. The van der Waals surface area contributed by atoms with Gasteiger partial charge in [0.15, 0.2) is 5.82 Å². The molecule has 0 aliphatic carbocycles. The van der Waals surface area contributed by atoms with Gasteiger partial charge in [0.2, 0.25) is 11.1 Å². The Bertz CT molecular complexity index is 915. The number of hydrogen-bond acceptors (Lipinski definition) is 6. The second kappa shape index (κ2) is 8.20. The summed E-state index contributed by atoms with van der Waals surface area (Å²) in [7, 11) is 0. The van der Waals surface area contributed by atoms with Crippen LogP contribution in [0.15, 0.2) is 47.9 Å². The molecule has 0 saturated heterocycles. The van der Waals surface area contributed by atoms with Gasteiger partial charge in [-0.2, -0.15) is 0 Å². The minimum atomic E-state index is -0.0969. The first-order valence-corrected chi connectivity index (χ1v) is 9.20. The zero-order chi connectivity index (χ0) is 18.5. The molecule has 0 radical (unpaired) electrons. The van der Waals surface area contributed by atoms with Gasteiger partial charge in [-0.05, 0) is 36.8 Å². The van der Waals surface area contributed by atoms with Crippen LogP contribution in [0.25, 0.3) is 11.4 Å². The lowest BCUT2D eigenvalue weighted by Crippen LogP contribution is -2.14. The molecule has 0 bridgehead atoms. The van der Waals surface area contributed by atoms with Crippen molar-refractivity contribution in [3.63, 3.8) is 0 Å². The van der Waals surface area contributed by atoms with Crippen LogP contribution in [-0.2, 0) is 4.79 Å². The first-order chi connectivity index (χ1) is 12.5. The maximum absolute atomic E-state index is 12.1. The van der Waals surface area contributed by atoms with Crippen molar-refractivity contribution < 1.29 is 4.79 Å². The highest BCUT2D eigenvalue weighted by Crippen LogP contribution is 2.23. The molecule has 9 heteroatoms. The fourth-order valence-electron chi connectivity index (χ4n) is 2.25. The van der Waals surface area contributed by atoms with Crippen molar-refractivity contribution >= 4 is 35.0 Å². The first-order valence-electron chi connectivity index (χ1n) is 7.84. The van der Waals surface area contributed by atoms with Crippen LogP contribution in [0.4, 0.5) is 5.69 Å². The van der Waals surface area contributed by atoms with Crippen molar-refractivity contribution in [3.05, 3.63) is 53.3 Å². The third-order valence-corrected chi connectivity index (χ3v) is 4.82. The Hall–Kier alpha value is -2.58. The monoisotopic (exact) mass is 388 g/mol. The van der Waals surface area contributed by atoms with E-state index in [-0.39, 0.29) is 5.91 Å². The highest BCUT2D eigenvalue weighted by molar-refractivity contribution is 7.99. The van der Waals surface area contributed by atoms with Gasteiger partial charge in [0, 0.05) is 40.8 Å². The molecule has 0 fully saturated rings. The van der Waals surface area contributed by atoms with Gasteiger partial charge in [-0.1, -0.05) is 29.4 Å². The number of aryl methyl sites for hydroxylation is 1. The van der Waals surface area contributed by atoms with Gasteiger partial charge in [0.05, 0.1) is 0 Å². The van der Waals surface area contributed by atoms with Crippen LogP contribution in [0, 0.1) is 6.92 Å². The quantitative estimate of drug-likeness (QED) is 0.497. The van der Waals surface area contributed by atoms with E-state index in [0.29, 0.717) is 28.2 Å². The van der Waals surface area contributed by atoms with E-state index in [1.54, 1.807) is 24.5 Å². The summed E-state index contributed by atoms with van der Waals surface area (Å²) in [6.45, 7) is 1.91. The molecule has 0 atom stereocenters. The number of hydrogen-bond donors (Lipinski definition) is 2. The Morgan fingerprint density at radius 1 is 1.27 bits per heavy atom. The summed E-state index contributed by atoms with van der Waals surface area (Å²) in [5.74, 6) is 7.03. The highest BCUT2D eigenvalue weighted by atomic mass is 35.5. The molecule has 2 heterocycles. The number of carbonyl (C=O) groups is 1. The summed E-state index contributed by atoms with van der Waals surface area (Å²) in [6.07, 6.45) is 3.64. The first kappa shape index (κ1) is 18.2. The van der Waals surface area contributed by atoms with Crippen LogP contribution in [-0.4, -0.2) is 31.5 Å². The smallest absolute Gasteiger partial charge is 0.225 e. The third-order valence-electron chi connectivity index (χ3n) is 3.64. The summed E-state index contributed by atoms with van der Waals surface area (Å²) in [4.78, 5) is 16.1. The third kappa shape index (κ3) is 4.33. The number of amides is 1. The number of nitrogens with two attached hydrogens (primary N) is 1. The van der Waals surface area contributed by atoms with Gasteiger partial charge in [-0.15, -0.1) is 10.2 Å². The lowest BCUT2D eigenvalue weighted by Gasteiger charge is -2.08. The number of nitrogens with one attached hydrogen (secondary N) is 1. The molecule has 0 aliphatic rings. The highest BCUT2D eigenvalue weighted by Gasteiger charge is 2.13. The van der Waals surface area contributed by atoms with Crippen molar-refractivity contribution in [2.45, 2.75) is 18.5 Å². The topological polar surface area (TPSA) is 98.7 Å². The Morgan fingerprint density at radius 2 is 2.04 bits per heavy atom. The van der Waals surface area contributed by atoms with Gasteiger partial charge >= 0.3 is 0 Å². The lowest BCUT2D eigenvalue weighted by atomic mass is 10.2. The van der Waals surface area contributed by atoms with Crippen molar-refractivity contribution in [2.75, 3.05) is 16.9 Å². The molecule has 3 aromatic rings. The van der Waals surface area contributed by atoms with Gasteiger partial charge in [0.1, 0.15) is 0 Å². The number of aromatic nitrogens is 4. The maximum Gasteiger partial charge on any atom is 0.225 e. The van der Waals surface area contributed by atoms with Crippen LogP contribution in [0.5, 0.6) is 0 Å². The number of pyridine rings is 1. The van der Waals surface area contributed by atoms with Crippen LogP contribution in [0.1, 0.15) is 12.0 Å². The second-order valence-corrected chi connectivity index (χ2v) is 7.02. The largest absolute Gasteiger partial charge is 0.335 e. The molecule has 0 spiro atoms. The summed E-state index contributed by atoms with van der Waals surface area (Å²) in [6, 6.07) is 9.01. The average Bonchev–Trinajstić information content (AvgIpc) is 3.00. The summed E-state index contributed by atoms with van der Waals surface area (Å²) < 4.78 is 1.42. The van der Waals surface area contributed by atoms with E-state index in [4.69, 9.17) is 17.4 Å². The minimum absolute atomic E-state index is 0.0969. The zero-order valence-electron chi connectivity index (χ0n) is 14.0. The zero-order valence-corrected chi connectivity index (χ0v) is 15.6. The van der Waals surface area contributed by atoms with Crippen molar-refractivity contribution in [2.24, 2.45) is 0 Å². The van der Waals surface area contributed by atoms with Gasteiger partial charge in [-0.3, -0.25) is 9.78 Å². The van der Waals surface area contributed by atoms with E-state index < -0.39 is 0 Å². The van der Waals surface area contributed by atoms with Gasteiger partial charge in [-0.25, -0.2) is 4.68 Å². The molecule has 3 N–H and O–H groups in total. The SMILES string of the molecule is Cc1ccc(Cl)cc1NC(=O)CCSc1nnc(-c2ccncc2)n1N. The van der Waals surface area contributed by atoms with E-state index in [9.17, 15) is 4.79 Å². The number of benzene rings is 1. The predicted molar refractivity (Wildman–Crippen MR) is 104 cm³/mol. The number of nitrogen functional groups attached to an aromatic ring is 1. The minimum Gasteiger partial charge on any atom is -0.335 e. The molecule has 7 nitrogen and oxygen atoms in total. The number of halogens is 1. The fourth-order valence-corrected chi connectivity index (χ4v) is 3.22. The normalized spacial score (nSPS) is 10.7. The molecular weight excluding hydrogens is 372 g/mol. The molecule has 0 saturated carbocycles. The van der Waals surface area contributed by atoms with E-state index in [1.807, 2.05) is 25.1 Å². The molecule has 1 aromatic carbocycles. The summed E-state index contributed by atoms with van der Waals surface area (Å²) >= 11 is 7.33. The molecule has 26 heavy (non-hydrogen) atoms. The fraction of sp³-hybridized carbons (Fsp3) is 0.176. The van der Waals surface area contributed by atoms with Crippen LogP contribution < -0.4 is 11.2 Å². The molecule has 134 valence electrons. The van der Waals surface area contributed by atoms with Crippen LogP contribution in [0.2, 0.25) is 5.02 Å². The van der Waals surface area contributed by atoms with E-state index >= 15 is 0 Å². The second-order valence-electron chi connectivity index (χ2n) is 5.52. The maximum atomic E-state index is 12.1. The number of thioether (sulfide) groups is 1. The van der Waals surface area contributed by atoms with Crippen molar-refractivity contribution in [1.29, 1.82) is 0 Å². The predicted octanol–water partition coefficient (Wildman–Crippen LogP) is 3.14. The molecule has 3 rings (SSSR count). The van der Waals surface area contributed by atoms with Crippen molar-refractivity contribution in [3.8, 4) is 11.4 Å². The average molecular weight is 389 g/mol. The standard InChI is InChI=1S/C17H17ClN6OS/c1-11-2-3-13(18)10-14(11)21-15(25)6-9-26-17-23-22-16(24(17)19)12-4-7-20-8-5-12/h2-5,7-8,10H,6,9,19H2,1H3,(H,21,25). The number of rotatable bonds is 6. The van der Waals surface area contributed by atoms with Crippen molar-refractivity contribution in [1.82, 2.24) is 19.9 Å². The molecular formula is C17H17ClN6OS. The van der Waals surface area contributed by atoms with Crippen LogP contribution >= 0.6 is 23.4 Å². The van der Waals surface area contributed by atoms with Gasteiger partial charge in [0.25, 0.3) is 0 Å². The summed E-state index contributed by atoms with van der Waals surface area (Å²) in [5.41, 5.74) is 2.50. The van der Waals surface area contributed by atoms with Crippen LogP contribution in [0.3, 0.4) is 0 Å². The van der Waals surface area contributed by atoms with E-state index in [0.717, 1.165) is 16.8 Å². The molecule has 2 aromatic heterocycles. The van der Waals surface area contributed by atoms with E-state index in [2.05, 4.69) is 20.5 Å². The van der Waals surface area contributed by atoms with Gasteiger partial charge < -0.3 is 11.2 Å². The Labute approximate surface area is 159 Å². The molecule has 0 aliphatic heterocycles. The molecule has 1 amide bonds. The summed E-state index contributed by atoms with van der Waals surface area (Å²) in [5, 5.41) is 12.2.